The van der Waals surface area contributed by atoms with Crippen LogP contribution < -0.4 is 16.0 Å². The number of nitrogens with zero attached hydrogens (tertiary/aromatic N) is 2. The number of ether oxygens (including phenoxy) is 1. The molecular formula is C19H30N4O2. The fraction of sp³-hybridized carbons (Fsp3) is 0.632. The second-order valence-electron chi connectivity index (χ2n) is 6.87. The lowest BCUT2D eigenvalue weighted by atomic mass is 10.2. The van der Waals surface area contributed by atoms with Gasteiger partial charge in [0.25, 0.3) is 0 Å². The Hall–Kier alpha value is -1.63. The fourth-order valence-electron chi connectivity index (χ4n) is 3.57. The highest BCUT2D eigenvalue weighted by Gasteiger charge is 2.29. The maximum Gasteiger partial charge on any atom is 0.249 e. The summed E-state index contributed by atoms with van der Waals surface area (Å²) in [7, 11) is 0. The number of rotatable bonds is 7. The van der Waals surface area contributed by atoms with Crippen LogP contribution in [0, 0.1) is 0 Å². The van der Waals surface area contributed by atoms with Gasteiger partial charge in [0.1, 0.15) is 6.10 Å². The topological polar surface area (TPSA) is 70.8 Å². The third-order valence-corrected chi connectivity index (χ3v) is 5.11. The molecule has 0 bridgehead atoms. The van der Waals surface area contributed by atoms with E-state index in [2.05, 4.69) is 45.4 Å². The summed E-state index contributed by atoms with van der Waals surface area (Å²) in [5.74, 6) is 0.0184. The van der Waals surface area contributed by atoms with Gasteiger partial charge in [-0.2, -0.15) is 0 Å². The number of hydrogen-bond acceptors (Lipinski definition) is 5. The van der Waals surface area contributed by atoms with Crippen LogP contribution in [0.5, 0.6) is 0 Å². The Labute approximate surface area is 150 Å². The van der Waals surface area contributed by atoms with Crippen LogP contribution >= 0.6 is 0 Å². The van der Waals surface area contributed by atoms with Crippen LogP contribution in [-0.4, -0.2) is 68.8 Å². The summed E-state index contributed by atoms with van der Waals surface area (Å²) in [4.78, 5) is 17.0. The number of para-hydroxylation sites is 1. The zero-order chi connectivity index (χ0) is 17.5. The number of piperazine rings is 1. The number of carbonyl (C=O) groups excluding carboxylic acids is 1. The van der Waals surface area contributed by atoms with E-state index < -0.39 is 0 Å². The molecule has 2 heterocycles. The molecule has 6 nitrogen and oxygen atoms in total. The van der Waals surface area contributed by atoms with Crippen LogP contribution in [0.3, 0.4) is 0 Å². The van der Waals surface area contributed by atoms with E-state index in [9.17, 15) is 4.79 Å². The van der Waals surface area contributed by atoms with Gasteiger partial charge in [0.15, 0.2) is 0 Å². The molecule has 0 spiro atoms. The minimum Gasteiger partial charge on any atom is -0.369 e. The van der Waals surface area contributed by atoms with Gasteiger partial charge in [-0.05, 0) is 37.9 Å². The molecule has 2 aliphatic heterocycles. The van der Waals surface area contributed by atoms with E-state index in [1.54, 1.807) is 0 Å². The predicted molar refractivity (Wildman–Crippen MR) is 99.7 cm³/mol. The molecule has 0 unspecified atom stereocenters. The second-order valence-corrected chi connectivity index (χ2v) is 6.87. The van der Waals surface area contributed by atoms with Crippen LogP contribution in [0.15, 0.2) is 30.3 Å². The summed E-state index contributed by atoms with van der Waals surface area (Å²) >= 11 is 0. The third-order valence-electron chi connectivity index (χ3n) is 5.11. The summed E-state index contributed by atoms with van der Waals surface area (Å²) in [5.41, 5.74) is 6.89. The molecule has 2 saturated heterocycles. The van der Waals surface area contributed by atoms with Crippen molar-refractivity contribution in [2.45, 2.75) is 31.5 Å². The second kappa shape index (κ2) is 9.17. The van der Waals surface area contributed by atoms with Crippen molar-refractivity contribution >= 4 is 11.6 Å². The minimum atomic E-state index is -0.303. The summed E-state index contributed by atoms with van der Waals surface area (Å²) in [6.07, 6.45) is 2.40. The highest BCUT2D eigenvalue weighted by Crippen LogP contribution is 2.19. The summed E-state index contributed by atoms with van der Waals surface area (Å²) in [5, 5.41) is 3.00. The lowest BCUT2D eigenvalue weighted by molar-refractivity contribution is -0.131. The fourth-order valence-corrected chi connectivity index (χ4v) is 3.57. The van der Waals surface area contributed by atoms with Gasteiger partial charge < -0.3 is 20.7 Å². The Morgan fingerprint density at radius 3 is 2.60 bits per heavy atom. The van der Waals surface area contributed by atoms with E-state index in [1.807, 2.05) is 0 Å². The molecule has 1 aromatic carbocycles. The van der Waals surface area contributed by atoms with Gasteiger partial charge in [-0.15, -0.1) is 0 Å². The number of benzene rings is 1. The Morgan fingerprint density at radius 1 is 1.16 bits per heavy atom. The van der Waals surface area contributed by atoms with E-state index in [0.717, 1.165) is 52.0 Å². The van der Waals surface area contributed by atoms with E-state index in [0.29, 0.717) is 13.1 Å². The quantitative estimate of drug-likeness (QED) is 0.716. The van der Waals surface area contributed by atoms with Gasteiger partial charge >= 0.3 is 0 Å². The molecule has 0 saturated carbocycles. The first-order valence-corrected chi connectivity index (χ1v) is 9.42. The standard InChI is InChI=1S/C19H30N4O2/c20-15-17-7-8-18(25-17)19(24)21-9-4-10-22-11-13-23(14-12-22)16-5-2-1-3-6-16/h1-3,5-6,17-18H,4,7-15,20H2,(H,21,24)/t17-,18+/m1/s1. The molecule has 2 atom stereocenters. The number of carbonyl (C=O) groups is 1. The van der Waals surface area contributed by atoms with Crippen molar-refractivity contribution in [2.24, 2.45) is 5.73 Å². The highest BCUT2D eigenvalue weighted by atomic mass is 16.5. The molecular weight excluding hydrogens is 316 g/mol. The van der Waals surface area contributed by atoms with Crippen molar-refractivity contribution in [1.82, 2.24) is 10.2 Å². The van der Waals surface area contributed by atoms with Crippen LogP contribution in [0.2, 0.25) is 0 Å². The molecule has 0 aromatic heterocycles. The van der Waals surface area contributed by atoms with Crippen LogP contribution in [0.25, 0.3) is 0 Å². The average Bonchev–Trinajstić information content (AvgIpc) is 3.16. The van der Waals surface area contributed by atoms with E-state index >= 15 is 0 Å². The first-order valence-electron chi connectivity index (χ1n) is 9.42. The summed E-state index contributed by atoms with van der Waals surface area (Å²) in [6.45, 7) is 6.52. The van der Waals surface area contributed by atoms with Gasteiger partial charge in [-0.3, -0.25) is 9.69 Å². The number of anilines is 1. The van der Waals surface area contributed by atoms with Crippen molar-refractivity contribution in [3.05, 3.63) is 30.3 Å². The molecule has 2 fully saturated rings. The Morgan fingerprint density at radius 2 is 1.92 bits per heavy atom. The monoisotopic (exact) mass is 346 g/mol. The van der Waals surface area contributed by atoms with E-state index in [1.165, 1.54) is 5.69 Å². The normalized spacial score (nSPS) is 24.4. The lowest BCUT2D eigenvalue weighted by Gasteiger charge is -2.36. The molecule has 0 radical (unpaired) electrons. The zero-order valence-electron chi connectivity index (χ0n) is 14.9. The maximum atomic E-state index is 12.1. The molecule has 1 aromatic rings. The third kappa shape index (κ3) is 5.17. The Bertz CT molecular complexity index is 531. The molecule has 6 heteroatoms. The number of nitrogens with one attached hydrogen (secondary N) is 1. The van der Waals surface area contributed by atoms with Crippen molar-refractivity contribution in [3.63, 3.8) is 0 Å². The summed E-state index contributed by atoms with van der Waals surface area (Å²) in [6, 6.07) is 10.6. The Kier molecular flexibility index (Phi) is 6.67. The van der Waals surface area contributed by atoms with Gasteiger partial charge in [0.2, 0.25) is 5.91 Å². The largest absolute Gasteiger partial charge is 0.369 e. The Balaban J connectivity index is 1.28. The number of amides is 1. The summed E-state index contributed by atoms with van der Waals surface area (Å²) < 4.78 is 5.62. The van der Waals surface area contributed by atoms with Gasteiger partial charge in [-0.25, -0.2) is 0 Å². The minimum absolute atomic E-state index is 0.0184. The van der Waals surface area contributed by atoms with E-state index in [4.69, 9.17) is 10.5 Å². The first kappa shape index (κ1) is 18.2. The van der Waals surface area contributed by atoms with Crippen molar-refractivity contribution < 1.29 is 9.53 Å². The van der Waals surface area contributed by atoms with Crippen LogP contribution in [-0.2, 0) is 9.53 Å². The van der Waals surface area contributed by atoms with Gasteiger partial charge in [-0.1, -0.05) is 18.2 Å². The smallest absolute Gasteiger partial charge is 0.249 e. The molecule has 3 N–H and O–H groups in total. The molecule has 1 amide bonds. The average molecular weight is 346 g/mol. The molecule has 3 rings (SSSR count). The maximum absolute atomic E-state index is 12.1. The van der Waals surface area contributed by atoms with Gasteiger partial charge in [0, 0.05) is 45.0 Å². The predicted octanol–water partition coefficient (Wildman–Crippen LogP) is 0.821. The SMILES string of the molecule is NC[C@H]1CC[C@@H](C(=O)NCCCN2CCN(c3ccccc3)CC2)O1. The van der Waals surface area contributed by atoms with E-state index in [-0.39, 0.29) is 18.1 Å². The number of hydrogen-bond donors (Lipinski definition) is 2. The molecule has 0 aliphatic carbocycles. The van der Waals surface area contributed by atoms with Gasteiger partial charge in [0.05, 0.1) is 6.10 Å². The van der Waals surface area contributed by atoms with Crippen molar-refractivity contribution in [2.75, 3.05) is 50.7 Å². The first-order chi connectivity index (χ1) is 12.3. The van der Waals surface area contributed by atoms with Crippen LogP contribution in [0.4, 0.5) is 5.69 Å². The molecule has 138 valence electrons. The zero-order valence-corrected chi connectivity index (χ0v) is 14.9. The number of nitrogens with two attached hydrogens (primary N) is 1. The van der Waals surface area contributed by atoms with Crippen LogP contribution in [0.1, 0.15) is 19.3 Å². The lowest BCUT2D eigenvalue weighted by Crippen LogP contribution is -2.47. The molecule has 2 aliphatic rings. The van der Waals surface area contributed by atoms with Crippen molar-refractivity contribution in [1.29, 1.82) is 0 Å². The molecule has 25 heavy (non-hydrogen) atoms. The van der Waals surface area contributed by atoms with Crippen molar-refractivity contribution in [3.8, 4) is 0 Å². The highest BCUT2D eigenvalue weighted by molar-refractivity contribution is 5.80.